The quantitative estimate of drug-likeness (QED) is 0.298. The normalized spacial score (nSPS) is 20.6. The largest absolute Gasteiger partial charge is 0.381 e. The summed E-state index contributed by atoms with van der Waals surface area (Å²) < 4.78 is 5.74. The molecule has 2 saturated heterocycles. The molecule has 2 heterocycles. The Labute approximate surface area is 191 Å². The summed E-state index contributed by atoms with van der Waals surface area (Å²) in [5, 5.41) is 6.42. The van der Waals surface area contributed by atoms with Gasteiger partial charge in [0.15, 0.2) is 5.96 Å². The Hall–Kier alpha value is -0.260. The molecule has 9 heteroatoms. The number of rotatable bonds is 7. The molecule has 2 rings (SSSR count). The lowest BCUT2D eigenvalue weighted by atomic mass is 9.99. The van der Waals surface area contributed by atoms with E-state index in [0.717, 1.165) is 71.3 Å². The topological polar surface area (TPSA) is 69.2 Å². The van der Waals surface area contributed by atoms with Gasteiger partial charge in [0.25, 0.3) is 0 Å². The van der Waals surface area contributed by atoms with Crippen molar-refractivity contribution < 1.29 is 9.53 Å². The number of halogens is 1. The molecular formula is C19H38IN5O2S. The zero-order chi connectivity index (χ0) is 19.7. The smallest absolute Gasteiger partial charge is 0.234 e. The Bertz CT molecular complexity index is 493. The van der Waals surface area contributed by atoms with Crippen LogP contribution in [0.5, 0.6) is 0 Å². The van der Waals surface area contributed by atoms with E-state index in [0.29, 0.717) is 6.54 Å². The molecule has 2 aliphatic rings. The van der Waals surface area contributed by atoms with Crippen LogP contribution >= 0.6 is 35.7 Å². The first-order valence-electron chi connectivity index (χ1n) is 10.2. The number of nitrogens with one attached hydrogen (secondary N) is 2. The number of carbonyl (C=O) groups is 1. The van der Waals surface area contributed by atoms with Crippen LogP contribution in [0.25, 0.3) is 0 Å². The molecule has 7 nitrogen and oxygen atoms in total. The molecule has 0 aromatic rings. The maximum atomic E-state index is 12.0. The van der Waals surface area contributed by atoms with E-state index in [1.54, 1.807) is 0 Å². The van der Waals surface area contributed by atoms with E-state index in [-0.39, 0.29) is 40.7 Å². The van der Waals surface area contributed by atoms with Crippen molar-refractivity contribution >= 4 is 47.6 Å². The van der Waals surface area contributed by atoms with Gasteiger partial charge in [-0.2, -0.15) is 11.8 Å². The highest BCUT2D eigenvalue weighted by molar-refractivity contribution is 14.0. The minimum Gasteiger partial charge on any atom is -0.381 e. The number of aliphatic imine (C=N–C) groups is 1. The molecule has 0 bridgehead atoms. The molecule has 0 unspecified atom stereocenters. The van der Waals surface area contributed by atoms with Gasteiger partial charge >= 0.3 is 0 Å². The fourth-order valence-corrected chi connectivity index (χ4v) is 4.27. The summed E-state index contributed by atoms with van der Waals surface area (Å²) in [6.07, 6.45) is 4.32. The van der Waals surface area contributed by atoms with Crippen molar-refractivity contribution in [3.8, 4) is 0 Å². The van der Waals surface area contributed by atoms with E-state index in [4.69, 9.17) is 9.73 Å². The van der Waals surface area contributed by atoms with Crippen molar-refractivity contribution in [3.63, 3.8) is 0 Å². The molecule has 1 amide bonds. The number of hydrogen-bond acceptors (Lipinski definition) is 5. The minimum atomic E-state index is 0. The van der Waals surface area contributed by atoms with Gasteiger partial charge in [-0.3, -0.25) is 14.7 Å². The van der Waals surface area contributed by atoms with Gasteiger partial charge in [-0.05, 0) is 39.9 Å². The Balaban J connectivity index is 0.00000392. The third-order valence-corrected chi connectivity index (χ3v) is 6.58. The minimum absolute atomic E-state index is 0. The van der Waals surface area contributed by atoms with Gasteiger partial charge in [-0.15, -0.1) is 24.0 Å². The van der Waals surface area contributed by atoms with Gasteiger partial charge in [0, 0.05) is 56.7 Å². The van der Waals surface area contributed by atoms with E-state index in [1.807, 2.05) is 25.6 Å². The van der Waals surface area contributed by atoms with Gasteiger partial charge in [-0.1, -0.05) is 0 Å². The Kier molecular flexibility index (Phi) is 12.1. The second-order valence-corrected chi connectivity index (χ2v) is 8.93. The van der Waals surface area contributed by atoms with Crippen LogP contribution in [0, 0.1) is 0 Å². The predicted octanol–water partition coefficient (Wildman–Crippen LogP) is 1.62. The monoisotopic (exact) mass is 527 g/mol. The number of thioether (sulfide) groups is 1. The molecule has 2 fully saturated rings. The Morgan fingerprint density at radius 3 is 2.39 bits per heavy atom. The molecule has 0 atom stereocenters. The first-order valence-corrected chi connectivity index (χ1v) is 11.4. The van der Waals surface area contributed by atoms with Crippen LogP contribution in [-0.4, -0.2) is 97.7 Å². The average molecular weight is 528 g/mol. The lowest BCUT2D eigenvalue weighted by Gasteiger charge is -2.38. The SMILES string of the molecule is CCNC(=NCC1(SC)CCOCC1)N1CCN(CC(=O)NC(C)C)CC1.I. The van der Waals surface area contributed by atoms with E-state index in [2.05, 4.69) is 33.6 Å². The van der Waals surface area contributed by atoms with E-state index < -0.39 is 0 Å². The first-order chi connectivity index (χ1) is 13.0. The molecule has 0 aliphatic carbocycles. The van der Waals surface area contributed by atoms with Crippen molar-refractivity contribution in [2.45, 2.75) is 44.4 Å². The molecule has 0 saturated carbocycles. The second kappa shape index (κ2) is 13.1. The highest BCUT2D eigenvalue weighted by Crippen LogP contribution is 2.34. The Morgan fingerprint density at radius 2 is 1.86 bits per heavy atom. The Morgan fingerprint density at radius 1 is 1.21 bits per heavy atom. The summed E-state index contributed by atoms with van der Waals surface area (Å²) in [6, 6.07) is 0.195. The molecule has 2 N–H and O–H groups in total. The summed E-state index contributed by atoms with van der Waals surface area (Å²) in [5.41, 5.74) is 0. The van der Waals surface area contributed by atoms with E-state index >= 15 is 0 Å². The van der Waals surface area contributed by atoms with Crippen LogP contribution in [-0.2, 0) is 9.53 Å². The van der Waals surface area contributed by atoms with Gasteiger partial charge < -0.3 is 20.3 Å². The number of hydrogen-bond donors (Lipinski definition) is 2. The van der Waals surface area contributed by atoms with Crippen molar-refractivity contribution in [1.82, 2.24) is 20.4 Å². The van der Waals surface area contributed by atoms with Crippen molar-refractivity contribution in [2.24, 2.45) is 4.99 Å². The summed E-state index contributed by atoms with van der Waals surface area (Å²) in [6.45, 7) is 13.5. The highest BCUT2D eigenvalue weighted by Gasteiger charge is 2.32. The van der Waals surface area contributed by atoms with Crippen LogP contribution < -0.4 is 10.6 Å². The van der Waals surface area contributed by atoms with Crippen LogP contribution in [0.4, 0.5) is 0 Å². The number of nitrogens with zero attached hydrogens (tertiary/aromatic N) is 3. The van der Waals surface area contributed by atoms with Gasteiger partial charge in [0.2, 0.25) is 5.91 Å². The number of ether oxygens (including phenoxy) is 1. The molecule has 164 valence electrons. The molecule has 28 heavy (non-hydrogen) atoms. The van der Waals surface area contributed by atoms with Crippen molar-refractivity contribution in [2.75, 3.05) is 65.3 Å². The van der Waals surface area contributed by atoms with E-state index in [1.165, 1.54) is 0 Å². The third kappa shape index (κ3) is 8.23. The summed E-state index contributed by atoms with van der Waals surface area (Å²) in [7, 11) is 0. The first kappa shape index (κ1) is 25.8. The molecule has 0 aromatic heterocycles. The number of amides is 1. The van der Waals surface area contributed by atoms with Gasteiger partial charge in [-0.25, -0.2) is 0 Å². The molecule has 2 aliphatic heterocycles. The lowest BCUT2D eigenvalue weighted by Crippen LogP contribution is -2.54. The zero-order valence-corrected chi connectivity index (χ0v) is 21.0. The average Bonchev–Trinajstić information content (AvgIpc) is 2.66. The van der Waals surface area contributed by atoms with Crippen molar-refractivity contribution in [3.05, 3.63) is 0 Å². The van der Waals surface area contributed by atoms with Crippen LogP contribution in [0.3, 0.4) is 0 Å². The summed E-state index contributed by atoms with van der Waals surface area (Å²) in [4.78, 5) is 21.5. The maximum Gasteiger partial charge on any atom is 0.234 e. The van der Waals surface area contributed by atoms with Crippen LogP contribution in [0.2, 0.25) is 0 Å². The fourth-order valence-electron chi connectivity index (χ4n) is 3.50. The highest BCUT2D eigenvalue weighted by atomic mass is 127. The molecule has 0 spiro atoms. The van der Waals surface area contributed by atoms with Crippen LogP contribution in [0.1, 0.15) is 33.6 Å². The zero-order valence-electron chi connectivity index (χ0n) is 17.8. The number of carbonyl (C=O) groups excluding carboxylic acids is 1. The molecule has 0 radical (unpaired) electrons. The number of guanidine groups is 1. The number of piperazine rings is 1. The summed E-state index contributed by atoms with van der Waals surface area (Å²) >= 11 is 1.93. The standard InChI is InChI=1S/C19H37N5O2S.HI/c1-5-20-18(21-15-19(27-4)6-12-26-13-7-19)24-10-8-23(9-11-24)14-17(25)22-16(2)3;/h16H,5-15H2,1-4H3,(H,20,21)(H,22,25);1H. The maximum absolute atomic E-state index is 12.0. The van der Waals surface area contributed by atoms with Crippen molar-refractivity contribution in [1.29, 1.82) is 0 Å². The lowest BCUT2D eigenvalue weighted by molar-refractivity contribution is -0.123. The molecule has 0 aromatic carbocycles. The second-order valence-electron chi connectivity index (χ2n) is 7.66. The van der Waals surface area contributed by atoms with E-state index in [9.17, 15) is 4.79 Å². The van der Waals surface area contributed by atoms with Crippen LogP contribution in [0.15, 0.2) is 4.99 Å². The third-order valence-electron chi connectivity index (χ3n) is 5.18. The van der Waals surface area contributed by atoms with Gasteiger partial charge in [0.05, 0.1) is 13.1 Å². The van der Waals surface area contributed by atoms with Gasteiger partial charge in [0.1, 0.15) is 0 Å². The fraction of sp³-hybridized carbons (Fsp3) is 0.895. The predicted molar refractivity (Wildman–Crippen MR) is 129 cm³/mol. The molecular weight excluding hydrogens is 489 g/mol. The summed E-state index contributed by atoms with van der Waals surface area (Å²) in [5.74, 6) is 1.11.